The van der Waals surface area contributed by atoms with Crippen molar-refractivity contribution in [2.24, 2.45) is 0 Å². The van der Waals surface area contributed by atoms with Crippen molar-refractivity contribution in [2.45, 2.75) is 30.7 Å². The topological polar surface area (TPSA) is 110 Å². The zero-order chi connectivity index (χ0) is 10.2. The molecule has 0 bridgehead atoms. The SMILES string of the molecule is [2H]C1(O)O[C@H](CO)[C@H](O)[C@H](O)[C@H]1O. The van der Waals surface area contributed by atoms with Crippen LogP contribution in [0, 0.1) is 0 Å². The Kier molecular flexibility index (Phi) is 2.54. The van der Waals surface area contributed by atoms with E-state index in [1.807, 2.05) is 0 Å². The molecular weight excluding hydrogens is 168 g/mol. The lowest BCUT2D eigenvalue weighted by atomic mass is 10.00. The number of aliphatic hydroxyl groups excluding tert-OH is 4. The Morgan fingerprint density at radius 3 is 2.17 bits per heavy atom. The molecule has 1 heterocycles. The third-order valence-electron chi connectivity index (χ3n) is 1.76. The molecule has 1 saturated heterocycles. The van der Waals surface area contributed by atoms with Gasteiger partial charge in [-0.05, 0) is 0 Å². The van der Waals surface area contributed by atoms with Crippen molar-refractivity contribution in [3.63, 3.8) is 0 Å². The summed E-state index contributed by atoms with van der Waals surface area (Å²) in [5, 5.41) is 45.0. The third kappa shape index (κ3) is 1.58. The van der Waals surface area contributed by atoms with E-state index in [-0.39, 0.29) is 0 Å². The summed E-state index contributed by atoms with van der Waals surface area (Å²) < 4.78 is 11.4. The van der Waals surface area contributed by atoms with Gasteiger partial charge in [0.25, 0.3) is 0 Å². The second-order valence-corrected chi connectivity index (χ2v) is 2.60. The minimum atomic E-state index is -2.70. The summed E-state index contributed by atoms with van der Waals surface area (Å²) in [5.74, 6) is 0. The monoisotopic (exact) mass is 181 g/mol. The van der Waals surface area contributed by atoms with Crippen LogP contribution in [0.15, 0.2) is 0 Å². The Balaban J connectivity index is 2.79. The Labute approximate surface area is 70.0 Å². The van der Waals surface area contributed by atoms with Crippen LogP contribution in [0.4, 0.5) is 0 Å². The van der Waals surface area contributed by atoms with E-state index in [2.05, 4.69) is 4.74 Å². The van der Waals surface area contributed by atoms with E-state index in [0.29, 0.717) is 0 Å². The van der Waals surface area contributed by atoms with Crippen LogP contribution < -0.4 is 0 Å². The summed E-state index contributed by atoms with van der Waals surface area (Å²) in [4.78, 5) is 0. The predicted octanol–water partition coefficient (Wildman–Crippen LogP) is -3.22. The van der Waals surface area contributed by atoms with Gasteiger partial charge in [-0.1, -0.05) is 0 Å². The first kappa shape index (κ1) is 8.36. The van der Waals surface area contributed by atoms with Gasteiger partial charge in [0.15, 0.2) is 6.27 Å². The smallest absolute Gasteiger partial charge is 0.184 e. The van der Waals surface area contributed by atoms with Gasteiger partial charge in [0.2, 0.25) is 0 Å². The van der Waals surface area contributed by atoms with Gasteiger partial charge in [0, 0.05) is 0 Å². The molecule has 6 nitrogen and oxygen atoms in total. The molecule has 0 saturated carbocycles. The highest BCUT2D eigenvalue weighted by molar-refractivity contribution is 4.87. The standard InChI is InChI=1S/C6H12O6/c7-1-2-3(8)4(9)5(10)6(11)12-2/h2-11H,1H2/t2-,3+,4+,5-,6?/m1/s1/i6D. The van der Waals surface area contributed by atoms with Crippen LogP contribution in [-0.2, 0) is 4.74 Å². The van der Waals surface area contributed by atoms with Crippen LogP contribution in [0.25, 0.3) is 0 Å². The van der Waals surface area contributed by atoms with Crippen molar-refractivity contribution in [2.75, 3.05) is 6.61 Å². The molecule has 5 atom stereocenters. The van der Waals surface area contributed by atoms with Crippen molar-refractivity contribution in [3.8, 4) is 0 Å². The summed E-state index contributed by atoms with van der Waals surface area (Å²) in [6.07, 6.45) is -9.14. The molecule has 0 radical (unpaired) electrons. The van der Waals surface area contributed by atoms with Crippen LogP contribution in [0.5, 0.6) is 0 Å². The highest BCUT2D eigenvalue weighted by atomic mass is 16.6. The Bertz CT molecular complexity index is 184. The highest BCUT2D eigenvalue weighted by Crippen LogP contribution is 2.18. The molecule has 6 heteroatoms. The molecule has 0 spiro atoms. The zero-order valence-corrected chi connectivity index (χ0v) is 6.16. The minimum absolute atomic E-state index is 0.661. The Morgan fingerprint density at radius 1 is 1.08 bits per heavy atom. The number of aliphatic hydroxyl groups is 5. The number of rotatable bonds is 1. The molecule has 72 valence electrons. The second-order valence-electron chi connectivity index (χ2n) is 2.60. The van der Waals surface area contributed by atoms with Crippen molar-refractivity contribution < 1.29 is 31.6 Å². The van der Waals surface area contributed by atoms with E-state index in [4.69, 9.17) is 26.9 Å². The summed E-state index contributed by atoms with van der Waals surface area (Å²) in [6.45, 7) is -0.661. The summed E-state index contributed by atoms with van der Waals surface area (Å²) in [6, 6.07) is 0. The molecule has 1 fully saturated rings. The third-order valence-corrected chi connectivity index (χ3v) is 1.76. The molecular formula is C6H12O6. The van der Waals surface area contributed by atoms with Gasteiger partial charge in [-0.25, -0.2) is 0 Å². The largest absolute Gasteiger partial charge is 0.394 e. The molecule has 0 aromatic heterocycles. The zero-order valence-electron chi connectivity index (χ0n) is 7.16. The van der Waals surface area contributed by atoms with Gasteiger partial charge in [0.05, 0.1) is 7.98 Å². The quantitative estimate of drug-likeness (QED) is 0.291. The normalized spacial score (nSPS) is 56.6. The van der Waals surface area contributed by atoms with E-state index in [1.165, 1.54) is 0 Å². The fourth-order valence-corrected chi connectivity index (χ4v) is 0.993. The lowest BCUT2D eigenvalue weighted by molar-refractivity contribution is -0.286. The molecule has 0 aromatic rings. The van der Waals surface area contributed by atoms with E-state index in [0.717, 1.165) is 0 Å². The van der Waals surface area contributed by atoms with E-state index in [9.17, 15) is 0 Å². The fourth-order valence-electron chi connectivity index (χ4n) is 0.993. The van der Waals surface area contributed by atoms with Crippen LogP contribution in [-0.4, -0.2) is 62.8 Å². The molecule has 1 rings (SSSR count). The summed E-state index contributed by atoms with van der Waals surface area (Å²) >= 11 is 0. The maximum atomic E-state index is 9.15. The van der Waals surface area contributed by atoms with Gasteiger partial charge in [0.1, 0.15) is 24.4 Å². The Morgan fingerprint density at radius 2 is 1.67 bits per heavy atom. The van der Waals surface area contributed by atoms with Crippen molar-refractivity contribution in [1.82, 2.24) is 0 Å². The van der Waals surface area contributed by atoms with Crippen LogP contribution in [0.3, 0.4) is 0 Å². The lowest BCUT2D eigenvalue weighted by Gasteiger charge is -2.37. The molecule has 0 aromatic carbocycles. The molecule has 12 heavy (non-hydrogen) atoms. The highest BCUT2D eigenvalue weighted by Gasteiger charge is 2.42. The molecule has 1 aliphatic rings. The van der Waals surface area contributed by atoms with E-state index in [1.54, 1.807) is 0 Å². The van der Waals surface area contributed by atoms with Crippen LogP contribution in [0.2, 0.25) is 0 Å². The van der Waals surface area contributed by atoms with Crippen LogP contribution >= 0.6 is 0 Å². The van der Waals surface area contributed by atoms with E-state index < -0.39 is 37.3 Å². The fraction of sp³-hybridized carbons (Fsp3) is 1.00. The number of ether oxygens (including phenoxy) is 1. The average Bonchev–Trinajstić information content (AvgIpc) is 2.08. The average molecular weight is 181 g/mol. The van der Waals surface area contributed by atoms with Gasteiger partial charge < -0.3 is 30.3 Å². The van der Waals surface area contributed by atoms with Gasteiger partial charge in [-0.2, -0.15) is 0 Å². The minimum Gasteiger partial charge on any atom is -0.394 e. The van der Waals surface area contributed by atoms with Crippen molar-refractivity contribution in [1.29, 1.82) is 0 Å². The second kappa shape index (κ2) is 3.65. The molecule has 0 aliphatic carbocycles. The van der Waals surface area contributed by atoms with Gasteiger partial charge >= 0.3 is 0 Å². The maximum Gasteiger partial charge on any atom is 0.184 e. The molecule has 1 unspecified atom stereocenters. The lowest BCUT2D eigenvalue weighted by Crippen LogP contribution is -2.58. The molecule has 5 N–H and O–H groups in total. The van der Waals surface area contributed by atoms with Gasteiger partial charge in [-0.3, -0.25) is 0 Å². The van der Waals surface area contributed by atoms with Crippen LogP contribution in [0.1, 0.15) is 1.37 Å². The van der Waals surface area contributed by atoms with Crippen molar-refractivity contribution >= 4 is 0 Å². The van der Waals surface area contributed by atoms with E-state index >= 15 is 0 Å². The first-order chi connectivity index (χ1) is 5.90. The molecule has 0 amide bonds. The van der Waals surface area contributed by atoms with Gasteiger partial charge in [-0.15, -0.1) is 0 Å². The summed E-state index contributed by atoms with van der Waals surface area (Å²) in [5.41, 5.74) is 0. The summed E-state index contributed by atoms with van der Waals surface area (Å²) in [7, 11) is 0. The first-order valence-corrected chi connectivity index (χ1v) is 3.45. The predicted molar refractivity (Wildman–Crippen MR) is 36.0 cm³/mol. The maximum absolute atomic E-state index is 9.15. The first-order valence-electron chi connectivity index (χ1n) is 3.95. The van der Waals surface area contributed by atoms with Crippen molar-refractivity contribution in [3.05, 3.63) is 0 Å². The number of hydrogen-bond acceptors (Lipinski definition) is 6. The molecule has 1 aliphatic heterocycles. The Hall–Kier alpha value is -0.240. The number of hydrogen-bond donors (Lipinski definition) is 5.